The Morgan fingerprint density at radius 2 is 1.75 bits per heavy atom. The van der Waals surface area contributed by atoms with Crippen molar-refractivity contribution >= 4 is 15.9 Å². The van der Waals surface area contributed by atoms with Crippen molar-refractivity contribution in [3.63, 3.8) is 0 Å². The molecular formula is C18H22N2O3S. The monoisotopic (exact) mass is 346 g/mol. The van der Waals surface area contributed by atoms with Gasteiger partial charge in [-0.05, 0) is 49.1 Å². The summed E-state index contributed by atoms with van der Waals surface area (Å²) in [6, 6.07) is 12.4. The van der Waals surface area contributed by atoms with Gasteiger partial charge in [0.2, 0.25) is 15.9 Å². The number of benzene rings is 2. The summed E-state index contributed by atoms with van der Waals surface area (Å²) in [6.45, 7) is 4.53. The number of carbonyl (C=O) groups excluding carboxylic acids is 1. The molecule has 0 aliphatic rings. The van der Waals surface area contributed by atoms with Gasteiger partial charge in [0.25, 0.3) is 0 Å². The van der Waals surface area contributed by atoms with Crippen molar-refractivity contribution < 1.29 is 13.2 Å². The van der Waals surface area contributed by atoms with Crippen LogP contribution in [0.25, 0.3) is 0 Å². The van der Waals surface area contributed by atoms with Crippen molar-refractivity contribution in [2.24, 2.45) is 5.14 Å². The van der Waals surface area contributed by atoms with Gasteiger partial charge >= 0.3 is 0 Å². The summed E-state index contributed by atoms with van der Waals surface area (Å²) in [7, 11) is -3.67. The van der Waals surface area contributed by atoms with Crippen molar-refractivity contribution in [1.82, 2.24) is 5.32 Å². The van der Waals surface area contributed by atoms with Gasteiger partial charge in [-0.25, -0.2) is 13.6 Å². The molecule has 2 aromatic carbocycles. The number of hydrogen-bond donors (Lipinski definition) is 2. The second kappa shape index (κ2) is 7.59. The third kappa shape index (κ3) is 5.18. The number of nitrogens with two attached hydrogens (primary N) is 1. The highest BCUT2D eigenvalue weighted by atomic mass is 32.2. The van der Waals surface area contributed by atoms with Crippen LogP contribution in [0.2, 0.25) is 0 Å². The molecule has 2 rings (SSSR count). The molecule has 0 aliphatic heterocycles. The molecule has 0 saturated carbocycles. The molecule has 0 bridgehead atoms. The summed E-state index contributed by atoms with van der Waals surface area (Å²) in [4.78, 5) is 12.1. The summed E-state index contributed by atoms with van der Waals surface area (Å²) in [5.74, 6) is -0.0249. The van der Waals surface area contributed by atoms with Crippen LogP contribution < -0.4 is 10.5 Å². The van der Waals surface area contributed by atoms with Gasteiger partial charge in [0, 0.05) is 6.54 Å². The van der Waals surface area contributed by atoms with Crippen LogP contribution in [0.3, 0.4) is 0 Å². The van der Waals surface area contributed by atoms with Gasteiger partial charge in [-0.3, -0.25) is 4.79 Å². The number of carbonyl (C=O) groups is 1. The Morgan fingerprint density at radius 3 is 2.33 bits per heavy atom. The lowest BCUT2D eigenvalue weighted by atomic mass is 10.0. The Labute approximate surface area is 142 Å². The molecule has 0 saturated heterocycles. The van der Waals surface area contributed by atoms with Gasteiger partial charge in [0.15, 0.2) is 0 Å². The first-order valence-corrected chi connectivity index (χ1v) is 9.25. The van der Waals surface area contributed by atoms with Crippen molar-refractivity contribution in [2.45, 2.75) is 31.6 Å². The molecule has 0 radical (unpaired) electrons. The van der Waals surface area contributed by atoms with E-state index in [9.17, 15) is 13.2 Å². The SMILES string of the molecule is Cc1ccc(CC(=O)NCCc2ccc(S(N)(=O)=O)cc2)c(C)c1. The van der Waals surface area contributed by atoms with Gasteiger partial charge in [-0.15, -0.1) is 0 Å². The molecule has 3 N–H and O–H groups in total. The van der Waals surface area contributed by atoms with Crippen molar-refractivity contribution in [2.75, 3.05) is 6.54 Å². The second-order valence-corrected chi connectivity index (χ2v) is 7.46. The van der Waals surface area contributed by atoms with Crippen LogP contribution in [-0.4, -0.2) is 20.9 Å². The third-order valence-corrected chi connectivity index (χ3v) is 4.77. The molecular weight excluding hydrogens is 324 g/mol. The number of primary sulfonamides is 1. The van der Waals surface area contributed by atoms with E-state index in [4.69, 9.17) is 5.14 Å². The lowest BCUT2D eigenvalue weighted by Gasteiger charge is -2.08. The van der Waals surface area contributed by atoms with Gasteiger partial charge < -0.3 is 5.32 Å². The predicted molar refractivity (Wildman–Crippen MR) is 94.1 cm³/mol. The number of sulfonamides is 1. The zero-order valence-corrected chi connectivity index (χ0v) is 14.7. The van der Waals surface area contributed by atoms with Crippen LogP contribution in [-0.2, 0) is 27.7 Å². The highest BCUT2D eigenvalue weighted by Gasteiger charge is 2.08. The third-order valence-electron chi connectivity index (χ3n) is 3.84. The number of rotatable bonds is 6. The second-order valence-electron chi connectivity index (χ2n) is 5.90. The molecule has 1 amide bonds. The van der Waals surface area contributed by atoms with Gasteiger partial charge in [0.05, 0.1) is 11.3 Å². The van der Waals surface area contributed by atoms with Gasteiger partial charge in [0.1, 0.15) is 0 Å². The highest BCUT2D eigenvalue weighted by Crippen LogP contribution is 2.11. The Kier molecular flexibility index (Phi) is 5.75. The molecule has 0 fully saturated rings. The average Bonchev–Trinajstić information content (AvgIpc) is 2.50. The molecule has 128 valence electrons. The standard InChI is InChI=1S/C18H22N2O3S/c1-13-3-6-16(14(2)11-13)12-18(21)20-10-9-15-4-7-17(8-5-15)24(19,22)23/h3-8,11H,9-10,12H2,1-2H3,(H,20,21)(H2,19,22,23). The molecule has 5 nitrogen and oxygen atoms in total. The fourth-order valence-electron chi connectivity index (χ4n) is 2.47. The first kappa shape index (κ1) is 18.2. The Balaban J connectivity index is 1.84. The van der Waals surface area contributed by atoms with E-state index in [0.717, 1.165) is 16.7 Å². The lowest BCUT2D eigenvalue weighted by Crippen LogP contribution is -2.27. The summed E-state index contributed by atoms with van der Waals surface area (Å²) in [5, 5.41) is 7.94. The van der Waals surface area contributed by atoms with Crippen LogP contribution >= 0.6 is 0 Å². The minimum absolute atomic E-state index is 0.0249. The van der Waals surface area contributed by atoms with E-state index in [-0.39, 0.29) is 10.8 Å². The minimum Gasteiger partial charge on any atom is -0.355 e. The van der Waals surface area contributed by atoms with Crippen LogP contribution in [0, 0.1) is 13.8 Å². The summed E-state index contributed by atoms with van der Waals surface area (Å²) in [5.41, 5.74) is 4.26. The number of aryl methyl sites for hydroxylation is 2. The first-order valence-electron chi connectivity index (χ1n) is 7.70. The number of nitrogens with one attached hydrogen (secondary N) is 1. The van der Waals surface area contributed by atoms with Crippen LogP contribution in [0.1, 0.15) is 22.3 Å². The van der Waals surface area contributed by atoms with Crippen LogP contribution in [0.15, 0.2) is 47.4 Å². The smallest absolute Gasteiger partial charge is 0.238 e. The molecule has 2 aromatic rings. The minimum atomic E-state index is -3.67. The van der Waals surface area contributed by atoms with E-state index in [1.54, 1.807) is 12.1 Å². The summed E-state index contributed by atoms with van der Waals surface area (Å²) < 4.78 is 22.4. The molecule has 0 heterocycles. The number of amides is 1. The Morgan fingerprint density at radius 1 is 1.08 bits per heavy atom. The molecule has 0 aromatic heterocycles. The van der Waals surface area contributed by atoms with E-state index in [0.29, 0.717) is 19.4 Å². The van der Waals surface area contributed by atoms with E-state index >= 15 is 0 Å². The largest absolute Gasteiger partial charge is 0.355 e. The summed E-state index contributed by atoms with van der Waals surface area (Å²) in [6.07, 6.45) is 0.986. The summed E-state index contributed by atoms with van der Waals surface area (Å²) >= 11 is 0. The van der Waals surface area contributed by atoms with E-state index in [1.165, 1.54) is 17.7 Å². The molecule has 24 heavy (non-hydrogen) atoms. The zero-order chi connectivity index (χ0) is 17.7. The average molecular weight is 346 g/mol. The van der Waals surface area contributed by atoms with Gasteiger partial charge in [-0.2, -0.15) is 0 Å². The highest BCUT2D eigenvalue weighted by molar-refractivity contribution is 7.89. The molecule has 0 aliphatic carbocycles. The topological polar surface area (TPSA) is 89.3 Å². The maximum atomic E-state index is 12.0. The van der Waals surface area contributed by atoms with Crippen molar-refractivity contribution in [3.8, 4) is 0 Å². The van der Waals surface area contributed by atoms with E-state index < -0.39 is 10.0 Å². The Hall–Kier alpha value is -2.18. The first-order chi connectivity index (χ1) is 11.3. The van der Waals surface area contributed by atoms with Crippen LogP contribution in [0.4, 0.5) is 0 Å². The maximum absolute atomic E-state index is 12.0. The van der Waals surface area contributed by atoms with E-state index in [1.807, 2.05) is 26.0 Å². The molecule has 0 atom stereocenters. The van der Waals surface area contributed by atoms with Crippen LogP contribution in [0.5, 0.6) is 0 Å². The zero-order valence-electron chi connectivity index (χ0n) is 13.9. The normalized spacial score (nSPS) is 11.3. The molecule has 0 spiro atoms. The van der Waals surface area contributed by atoms with Crippen molar-refractivity contribution in [3.05, 3.63) is 64.7 Å². The fourth-order valence-corrected chi connectivity index (χ4v) is 2.99. The molecule has 0 unspecified atom stereocenters. The predicted octanol–water partition coefficient (Wildman–Crippen LogP) is 1.85. The van der Waals surface area contributed by atoms with Gasteiger partial charge in [-0.1, -0.05) is 35.9 Å². The number of hydrogen-bond acceptors (Lipinski definition) is 3. The fraction of sp³-hybridized carbons (Fsp3) is 0.278. The lowest BCUT2D eigenvalue weighted by molar-refractivity contribution is -0.120. The quantitative estimate of drug-likeness (QED) is 0.836. The molecule has 6 heteroatoms. The Bertz CT molecular complexity index is 828. The maximum Gasteiger partial charge on any atom is 0.238 e. The van der Waals surface area contributed by atoms with Crippen molar-refractivity contribution in [1.29, 1.82) is 0 Å². The van der Waals surface area contributed by atoms with E-state index in [2.05, 4.69) is 11.4 Å².